The molecule has 0 aromatic heterocycles. The summed E-state index contributed by atoms with van der Waals surface area (Å²) in [4.78, 5) is 13.5. The molecule has 1 N–H and O–H groups in total. The molecule has 2 heterocycles. The summed E-state index contributed by atoms with van der Waals surface area (Å²) in [6.45, 7) is 2.89. The number of alkyl halides is 1. The second-order valence-corrected chi connectivity index (χ2v) is 4.21. The Balaban J connectivity index is 1.98. The van der Waals surface area contributed by atoms with Crippen LogP contribution in [0.2, 0.25) is 0 Å². The molecule has 62 valence electrons. The van der Waals surface area contributed by atoms with Crippen LogP contribution in [0.3, 0.4) is 0 Å². The molecule has 0 aromatic rings. The van der Waals surface area contributed by atoms with Gasteiger partial charge < -0.3 is 10.2 Å². The molecule has 0 aromatic carbocycles. The lowest BCUT2D eigenvalue weighted by Crippen LogP contribution is -2.57. The Labute approximate surface area is 74.3 Å². The van der Waals surface area contributed by atoms with Gasteiger partial charge in [0.1, 0.15) is 0 Å². The maximum atomic E-state index is 11.4. The Morgan fingerprint density at radius 2 is 2.27 bits per heavy atom. The normalized spacial score (nSPS) is 32.6. The van der Waals surface area contributed by atoms with E-state index >= 15 is 0 Å². The Bertz CT molecular complexity index is 181. The maximum Gasteiger partial charge on any atom is 0.236 e. The van der Waals surface area contributed by atoms with Crippen LogP contribution in [0.25, 0.3) is 0 Å². The molecule has 1 unspecified atom stereocenters. The Morgan fingerprint density at radius 3 is 2.64 bits per heavy atom. The highest BCUT2D eigenvalue weighted by Gasteiger charge is 2.36. The van der Waals surface area contributed by atoms with Crippen molar-refractivity contribution in [2.24, 2.45) is 0 Å². The number of nitrogens with one attached hydrogen (secondary N) is 1. The summed E-state index contributed by atoms with van der Waals surface area (Å²) >= 11 is 3.35. The van der Waals surface area contributed by atoms with Gasteiger partial charge in [0.05, 0.1) is 10.9 Å². The van der Waals surface area contributed by atoms with E-state index in [4.69, 9.17) is 0 Å². The number of carbonyl (C=O) groups excluding carboxylic acids is 1. The highest BCUT2D eigenvalue weighted by Crippen LogP contribution is 2.21. The van der Waals surface area contributed by atoms with Gasteiger partial charge in [-0.1, -0.05) is 15.9 Å². The zero-order valence-corrected chi connectivity index (χ0v) is 7.80. The Kier molecular flexibility index (Phi) is 1.89. The third-order valence-corrected chi connectivity index (χ3v) is 3.22. The molecule has 2 fully saturated rings. The zero-order valence-electron chi connectivity index (χ0n) is 6.22. The fourth-order valence-corrected chi connectivity index (χ4v) is 1.99. The number of nitrogens with zero attached hydrogens (tertiary/aromatic N) is 1. The summed E-state index contributed by atoms with van der Waals surface area (Å²) in [6, 6.07) is 0.477. The van der Waals surface area contributed by atoms with E-state index in [1.165, 1.54) is 0 Å². The Hall–Kier alpha value is -0.0900. The lowest BCUT2D eigenvalue weighted by atomic mass is 10.1. The number of hydrogen-bond donors (Lipinski definition) is 1. The average Bonchev–Trinajstić information content (AvgIpc) is 2.15. The van der Waals surface area contributed by atoms with Crippen LogP contribution in [0.5, 0.6) is 0 Å². The first-order valence-corrected chi connectivity index (χ1v) is 4.86. The SMILES string of the molecule is O=C1C(Br)CCN1C1CNC1. The lowest BCUT2D eigenvalue weighted by Gasteiger charge is -2.35. The van der Waals surface area contributed by atoms with Gasteiger partial charge >= 0.3 is 0 Å². The largest absolute Gasteiger partial charge is 0.336 e. The fraction of sp³-hybridized carbons (Fsp3) is 0.857. The zero-order chi connectivity index (χ0) is 7.84. The van der Waals surface area contributed by atoms with Crippen LogP contribution in [0.1, 0.15) is 6.42 Å². The van der Waals surface area contributed by atoms with E-state index in [1.807, 2.05) is 4.90 Å². The minimum atomic E-state index is 0.0862. The number of halogens is 1. The van der Waals surface area contributed by atoms with E-state index < -0.39 is 0 Å². The van der Waals surface area contributed by atoms with E-state index in [9.17, 15) is 4.79 Å². The van der Waals surface area contributed by atoms with Crippen molar-refractivity contribution in [2.45, 2.75) is 17.3 Å². The first kappa shape index (κ1) is 7.55. The molecule has 1 amide bonds. The van der Waals surface area contributed by atoms with Crippen LogP contribution >= 0.6 is 15.9 Å². The van der Waals surface area contributed by atoms with Gasteiger partial charge in [-0.25, -0.2) is 0 Å². The first-order valence-electron chi connectivity index (χ1n) is 3.94. The van der Waals surface area contributed by atoms with Crippen LogP contribution in [0.15, 0.2) is 0 Å². The summed E-state index contributed by atoms with van der Waals surface area (Å²) in [5.74, 6) is 0.275. The van der Waals surface area contributed by atoms with Gasteiger partial charge in [-0.15, -0.1) is 0 Å². The van der Waals surface area contributed by atoms with Crippen LogP contribution in [-0.2, 0) is 4.79 Å². The van der Waals surface area contributed by atoms with Gasteiger partial charge in [0, 0.05) is 19.6 Å². The second kappa shape index (κ2) is 2.75. The van der Waals surface area contributed by atoms with Gasteiger partial charge in [-0.2, -0.15) is 0 Å². The van der Waals surface area contributed by atoms with Gasteiger partial charge in [0.15, 0.2) is 0 Å². The van der Waals surface area contributed by atoms with Gasteiger partial charge in [-0.3, -0.25) is 4.79 Å². The molecule has 3 nitrogen and oxygen atoms in total. The number of amides is 1. The topological polar surface area (TPSA) is 32.3 Å². The highest BCUT2D eigenvalue weighted by atomic mass is 79.9. The second-order valence-electron chi connectivity index (χ2n) is 3.10. The molecule has 2 rings (SSSR count). The van der Waals surface area contributed by atoms with Crippen molar-refractivity contribution in [2.75, 3.05) is 19.6 Å². The number of carbonyl (C=O) groups is 1. The molecule has 1 atom stereocenters. The molecule has 0 spiro atoms. The summed E-state index contributed by atoms with van der Waals surface area (Å²) in [6.07, 6.45) is 0.968. The maximum absolute atomic E-state index is 11.4. The van der Waals surface area contributed by atoms with Crippen molar-refractivity contribution < 1.29 is 4.79 Å². The summed E-state index contributed by atoms with van der Waals surface area (Å²) < 4.78 is 0. The van der Waals surface area contributed by atoms with Crippen molar-refractivity contribution in [1.82, 2.24) is 10.2 Å². The van der Waals surface area contributed by atoms with Crippen LogP contribution in [0.4, 0.5) is 0 Å². The summed E-state index contributed by atoms with van der Waals surface area (Å²) in [5, 5.41) is 3.16. The highest BCUT2D eigenvalue weighted by molar-refractivity contribution is 9.10. The molecular formula is C7H11BrN2O. The van der Waals surface area contributed by atoms with E-state index in [0.717, 1.165) is 26.1 Å². The van der Waals surface area contributed by atoms with Crippen molar-refractivity contribution in [3.05, 3.63) is 0 Å². The smallest absolute Gasteiger partial charge is 0.236 e. The lowest BCUT2D eigenvalue weighted by molar-refractivity contribution is -0.130. The fourth-order valence-electron chi connectivity index (χ4n) is 1.52. The molecule has 4 heteroatoms. The third kappa shape index (κ3) is 1.18. The van der Waals surface area contributed by atoms with Crippen molar-refractivity contribution in [3.63, 3.8) is 0 Å². The van der Waals surface area contributed by atoms with Crippen LogP contribution in [0, 0.1) is 0 Å². The van der Waals surface area contributed by atoms with E-state index in [2.05, 4.69) is 21.2 Å². The van der Waals surface area contributed by atoms with Gasteiger partial charge in [-0.05, 0) is 6.42 Å². The standard InChI is InChI=1S/C7H11BrN2O/c8-6-1-2-10(7(6)11)5-3-9-4-5/h5-6,9H,1-4H2. The molecule has 0 aliphatic carbocycles. The van der Waals surface area contributed by atoms with E-state index in [0.29, 0.717) is 6.04 Å². The van der Waals surface area contributed by atoms with E-state index in [-0.39, 0.29) is 10.7 Å². The predicted octanol–water partition coefficient (Wildman–Crippen LogP) is -0.0460. The molecule has 0 radical (unpaired) electrons. The first-order chi connectivity index (χ1) is 5.29. The monoisotopic (exact) mass is 218 g/mol. The van der Waals surface area contributed by atoms with Crippen molar-refractivity contribution in [1.29, 1.82) is 0 Å². The van der Waals surface area contributed by atoms with Crippen LogP contribution in [-0.4, -0.2) is 41.3 Å². The third-order valence-electron chi connectivity index (χ3n) is 2.38. The molecule has 2 aliphatic heterocycles. The van der Waals surface area contributed by atoms with E-state index in [1.54, 1.807) is 0 Å². The Morgan fingerprint density at radius 1 is 1.55 bits per heavy atom. The molecule has 0 bridgehead atoms. The summed E-state index contributed by atoms with van der Waals surface area (Å²) in [7, 11) is 0. The predicted molar refractivity (Wildman–Crippen MR) is 45.7 cm³/mol. The van der Waals surface area contributed by atoms with Crippen molar-refractivity contribution >= 4 is 21.8 Å². The minimum Gasteiger partial charge on any atom is -0.336 e. The molecule has 2 saturated heterocycles. The number of hydrogen-bond acceptors (Lipinski definition) is 2. The van der Waals surface area contributed by atoms with Crippen LogP contribution < -0.4 is 5.32 Å². The molecule has 11 heavy (non-hydrogen) atoms. The summed E-state index contributed by atoms with van der Waals surface area (Å²) in [5.41, 5.74) is 0. The molecular weight excluding hydrogens is 208 g/mol. The minimum absolute atomic E-state index is 0.0862. The average molecular weight is 219 g/mol. The number of likely N-dealkylation sites (tertiary alicyclic amines) is 1. The van der Waals surface area contributed by atoms with Crippen molar-refractivity contribution in [3.8, 4) is 0 Å². The number of rotatable bonds is 1. The van der Waals surface area contributed by atoms with Gasteiger partial charge in [0.2, 0.25) is 5.91 Å². The molecule has 2 aliphatic rings. The molecule has 0 saturated carbocycles. The van der Waals surface area contributed by atoms with Gasteiger partial charge in [0.25, 0.3) is 0 Å². The quantitative estimate of drug-likeness (QED) is 0.627.